The number of methoxy groups -OCH3 is 2. The minimum atomic E-state index is -0.839. The number of rotatable bonds is 7. The number of hydrogen-bond acceptors (Lipinski definition) is 6. The molecule has 6 heteroatoms. The Labute approximate surface area is 101 Å². The van der Waals surface area contributed by atoms with E-state index in [0.717, 1.165) is 0 Å². The number of hydrogen-bond donors (Lipinski definition) is 2. The maximum absolute atomic E-state index is 10.0. The molecule has 17 heavy (non-hydrogen) atoms. The summed E-state index contributed by atoms with van der Waals surface area (Å²) in [5, 5.41) is 13.0. The van der Waals surface area contributed by atoms with Crippen LogP contribution in [0.3, 0.4) is 0 Å². The van der Waals surface area contributed by atoms with E-state index >= 15 is 0 Å². The Hall–Kier alpha value is -1.40. The first-order valence-corrected chi connectivity index (χ1v) is 5.38. The average Bonchev–Trinajstić information content (AvgIpc) is 2.34. The van der Waals surface area contributed by atoms with Gasteiger partial charge in [0.15, 0.2) is 0 Å². The predicted octanol–water partition coefficient (Wildman–Crippen LogP) is 0.685. The maximum Gasteiger partial charge on any atom is 0.218 e. The van der Waals surface area contributed by atoms with Gasteiger partial charge >= 0.3 is 0 Å². The van der Waals surface area contributed by atoms with Gasteiger partial charge in [-0.05, 0) is 6.92 Å². The first kappa shape index (κ1) is 13.7. The molecular formula is C11H19N3O3. The Morgan fingerprint density at radius 3 is 2.82 bits per heavy atom. The highest BCUT2D eigenvalue weighted by molar-refractivity contribution is 5.37. The Kier molecular flexibility index (Phi) is 5.11. The molecule has 0 amide bonds. The minimum absolute atomic E-state index is 0.385. The summed E-state index contributed by atoms with van der Waals surface area (Å²) in [6.07, 6.45) is 1.96. The molecule has 1 rings (SSSR count). The van der Waals surface area contributed by atoms with Crippen molar-refractivity contribution in [2.24, 2.45) is 0 Å². The van der Waals surface area contributed by atoms with Crippen molar-refractivity contribution in [3.05, 3.63) is 12.4 Å². The lowest BCUT2D eigenvalue weighted by Crippen LogP contribution is -2.34. The lowest BCUT2D eigenvalue weighted by molar-refractivity contribution is 0.0357. The van der Waals surface area contributed by atoms with E-state index < -0.39 is 5.60 Å². The third kappa shape index (κ3) is 4.97. The van der Waals surface area contributed by atoms with E-state index in [1.165, 1.54) is 6.33 Å². The quantitative estimate of drug-likeness (QED) is 0.731. The number of anilines is 1. The van der Waals surface area contributed by atoms with Crippen LogP contribution in [0.1, 0.15) is 13.3 Å². The zero-order valence-corrected chi connectivity index (χ0v) is 10.4. The molecule has 1 atom stereocenters. The first-order chi connectivity index (χ1) is 8.07. The van der Waals surface area contributed by atoms with E-state index in [1.807, 2.05) is 0 Å². The second-order valence-corrected chi connectivity index (χ2v) is 4.04. The molecule has 6 nitrogen and oxygen atoms in total. The zero-order chi connectivity index (χ0) is 12.7. The molecule has 1 aromatic rings. The fourth-order valence-corrected chi connectivity index (χ4v) is 1.24. The molecule has 0 radical (unpaired) electrons. The molecule has 2 N–H and O–H groups in total. The maximum atomic E-state index is 10.0. The molecule has 0 fully saturated rings. The van der Waals surface area contributed by atoms with Crippen molar-refractivity contribution in [2.45, 2.75) is 18.9 Å². The van der Waals surface area contributed by atoms with Crippen molar-refractivity contribution in [2.75, 3.05) is 32.7 Å². The summed E-state index contributed by atoms with van der Waals surface area (Å²) in [5.74, 6) is 1.11. The monoisotopic (exact) mass is 241 g/mol. The molecular weight excluding hydrogens is 222 g/mol. The predicted molar refractivity (Wildman–Crippen MR) is 64.2 cm³/mol. The molecule has 96 valence electrons. The molecule has 0 aliphatic carbocycles. The fraction of sp³-hybridized carbons (Fsp3) is 0.636. The summed E-state index contributed by atoms with van der Waals surface area (Å²) in [6, 6.07) is 1.67. The number of ether oxygens (including phenoxy) is 2. The Morgan fingerprint density at radius 2 is 2.18 bits per heavy atom. The molecule has 1 aromatic heterocycles. The van der Waals surface area contributed by atoms with Crippen LogP contribution in [-0.2, 0) is 4.74 Å². The number of aromatic nitrogens is 2. The largest absolute Gasteiger partial charge is 0.481 e. The number of nitrogens with one attached hydrogen (secondary N) is 1. The summed E-state index contributed by atoms with van der Waals surface area (Å²) in [5.41, 5.74) is -0.839. The zero-order valence-electron chi connectivity index (χ0n) is 10.4. The van der Waals surface area contributed by atoms with Gasteiger partial charge in [0.1, 0.15) is 12.1 Å². The van der Waals surface area contributed by atoms with Crippen LogP contribution in [0.25, 0.3) is 0 Å². The molecule has 0 bridgehead atoms. The van der Waals surface area contributed by atoms with Crippen LogP contribution in [0.5, 0.6) is 5.88 Å². The third-order valence-corrected chi connectivity index (χ3v) is 2.35. The lowest BCUT2D eigenvalue weighted by Gasteiger charge is -2.23. The smallest absolute Gasteiger partial charge is 0.218 e. The van der Waals surface area contributed by atoms with E-state index in [-0.39, 0.29) is 0 Å². The molecule has 0 aliphatic heterocycles. The molecule has 0 saturated carbocycles. The SMILES string of the molecule is COCCC(C)(O)CNc1cc(OC)ncn1. The summed E-state index contributed by atoms with van der Waals surface area (Å²) < 4.78 is 9.91. The fourth-order valence-electron chi connectivity index (χ4n) is 1.24. The Morgan fingerprint density at radius 1 is 1.41 bits per heavy atom. The molecule has 0 aliphatic rings. The average molecular weight is 241 g/mol. The summed E-state index contributed by atoms with van der Waals surface area (Å²) >= 11 is 0. The van der Waals surface area contributed by atoms with Crippen molar-refractivity contribution < 1.29 is 14.6 Å². The third-order valence-electron chi connectivity index (χ3n) is 2.35. The van der Waals surface area contributed by atoms with Crippen LogP contribution in [-0.4, -0.2) is 48.0 Å². The second-order valence-electron chi connectivity index (χ2n) is 4.04. The number of nitrogens with zero attached hydrogens (tertiary/aromatic N) is 2. The minimum Gasteiger partial charge on any atom is -0.481 e. The van der Waals surface area contributed by atoms with E-state index in [0.29, 0.717) is 31.3 Å². The highest BCUT2D eigenvalue weighted by Gasteiger charge is 2.19. The van der Waals surface area contributed by atoms with Crippen molar-refractivity contribution >= 4 is 5.82 Å². The molecule has 1 unspecified atom stereocenters. The van der Waals surface area contributed by atoms with Gasteiger partial charge in [0.05, 0.1) is 12.7 Å². The highest BCUT2D eigenvalue weighted by Crippen LogP contribution is 2.13. The topological polar surface area (TPSA) is 76.5 Å². The van der Waals surface area contributed by atoms with Gasteiger partial charge in [-0.3, -0.25) is 0 Å². The summed E-state index contributed by atoms with van der Waals surface area (Å²) in [6.45, 7) is 2.65. The Balaban J connectivity index is 2.48. The van der Waals surface area contributed by atoms with Crippen molar-refractivity contribution in [3.8, 4) is 5.88 Å². The van der Waals surface area contributed by atoms with Gasteiger partial charge in [-0.2, -0.15) is 0 Å². The lowest BCUT2D eigenvalue weighted by atomic mass is 10.0. The van der Waals surface area contributed by atoms with Gasteiger partial charge in [-0.1, -0.05) is 0 Å². The van der Waals surface area contributed by atoms with Crippen LogP contribution < -0.4 is 10.1 Å². The van der Waals surface area contributed by atoms with E-state index in [9.17, 15) is 5.11 Å². The van der Waals surface area contributed by atoms with Gasteiger partial charge in [-0.15, -0.1) is 0 Å². The van der Waals surface area contributed by atoms with Crippen molar-refractivity contribution in [1.29, 1.82) is 0 Å². The van der Waals surface area contributed by atoms with E-state index in [2.05, 4.69) is 15.3 Å². The second kappa shape index (κ2) is 6.36. The molecule has 0 saturated heterocycles. The van der Waals surface area contributed by atoms with Crippen molar-refractivity contribution in [3.63, 3.8) is 0 Å². The van der Waals surface area contributed by atoms with Crippen LogP contribution in [0.2, 0.25) is 0 Å². The Bertz CT molecular complexity index is 344. The van der Waals surface area contributed by atoms with Gasteiger partial charge in [0.2, 0.25) is 5.88 Å². The van der Waals surface area contributed by atoms with E-state index in [4.69, 9.17) is 9.47 Å². The van der Waals surface area contributed by atoms with Gasteiger partial charge in [0.25, 0.3) is 0 Å². The van der Waals surface area contributed by atoms with Crippen LogP contribution in [0.15, 0.2) is 12.4 Å². The van der Waals surface area contributed by atoms with Gasteiger partial charge < -0.3 is 19.9 Å². The molecule has 1 heterocycles. The van der Waals surface area contributed by atoms with Gasteiger partial charge in [0, 0.05) is 32.7 Å². The molecule has 0 spiro atoms. The number of aliphatic hydroxyl groups is 1. The molecule has 0 aromatic carbocycles. The normalized spacial score (nSPS) is 14.1. The van der Waals surface area contributed by atoms with Crippen molar-refractivity contribution in [1.82, 2.24) is 9.97 Å². The van der Waals surface area contributed by atoms with Crippen LogP contribution in [0, 0.1) is 0 Å². The van der Waals surface area contributed by atoms with Crippen LogP contribution >= 0.6 is 0 Å². The summed E-state index contributed by atoms with van der Waals surface area (Å²) in [7, 11) is 3.15. The van der Waals surface area contributed by atoms with E-state index in [1.54, 1.807) is 27.2 Å². The van der Waals surface area contributed by atoms with Gasteiger partial charge in [-0.25, -0.2) is 9.97 Å². The summed E-state index contributed by atoms with van der Waals surface area (Å²) in [4.78, 5) is 7.92. The standard InChI is InChI=1S/C11H19N3O3/c1-11(15,4-5-16-2)7-12-9-6-10(17-3)14-8-13-9/h6,8,15H,4-5,7H2,1-3H3,(H,12,13,14). The highest BCUT2D eigenvalue weighted by atomic mass is 16.5. The van der Waals surface area contributed by atoms with Crippen LogP contribution in [0.4, 0.5) is 5.82 Å². The first-order valence-electron chi connectivity index (χ1n) is 5.38.